The molecular weight excluding hydrogens is 412 g/mol. The lowest BCUT2D eigenvalue weighted by Crippen LogP contribution is -2.45. The number of aromatic nitrogens is 2. The minimum Gasteiger partial charge on any atom is -0.340 e. The first-order valence-corrected chi connectivity index (χ1v) is 10.9. The Hall–Kier alpha value is -4.19. The first-order valence-electron chi connectivity index (χ1n) is 10.9. The van der Waals surface area contributed by atoms with E-state index in [1.54, 1.807) is 30.5 Å². The highest BCUT2D eigenvalue weighted by atomic mass is 16.2. The van der Waals surface area contributed by atoms with Gasteiger partial charge in [-0.15, -0.1) is 0 Å². The fraction of sp³-hybridized carbons (Fsp3) is 0.148. The summed E-state index contributed by atoms with van der Waals surface area (Å²) in [6, 6.07) is 25.6. The van der Waals surface area contributed by atoms with E-state index in [1.807, 2.05) is 73.8 Å². The molecule has 2 amide bonds. The second kappa shape index (κ2) is 10.4. The molecule has 0 saturated carbocycles. The number of anilines is 1. The summed E-state index contributed by atoms with van der Waals surface area (Å²) in [4.78, 5) is 30.1. The van der Waals surface area contributed by atoms with Gasteiger partial charge in [0.1, 0.15) is 11.9 Å². The van der Waals surface area contributed by atoms with Crippen molar-refractivity contribution in [2.75, 3.05) is 5.32 Å². The second-order valence-corrected chi connectivity index (χ2v) is 7.87. The fourth-order valence-corrected chi connectivity index (χ4v) is 3.58. The third kappa shape index (κ3) is 5.95. The Kier molecular flexibility index (Phi) is 6.95. The van der Waals surface area contributed by atoms with Crippen LogP contribution in [0, 0.1) is 6.92 Å². The molecule has 4 rings (SSSR count). The molecular formula is C27H26N4O2. The average Bonchev–Trinajstić information content (AvgIpc) is 3.25. The van der Waals surface area contributed by atoms with E-state index in [0.29, 0.717) is 24.2 Å². The summed E-state index contributed by atoms with van der Waals surface area (Å²) in [5.41, 5.74) is 3.27. The lowest BCUT2D eigenvalue weighted by atomic mass is 10.0. The van der Waals surface area contributed by atoms with Crippen molar-refractivity contribution in [3.05, 3.63) is 120 Å². The topological polar surface area (TPSA) is 76.0 Å². The van der Waals surface area contributed by atoms with Crippen LogP contribution in [0.15, 0.2) is 97.3 Å². The zero-order valence-corrected chi connectivity index (χ0v) is 18.4. The molecule has 0 aliphatic carbocycles. The van der Waals surface area contributed by atoms with E-state index >= 15 is 0 Å². The van der Waals surface area contributed by atoms with E-state index < -0.39 is 6.04 Å². The number of amides is 2. The zero-order chi connectivity index (χ0) is 23.0. The number of hydrogen-bond acceptors (Lipinski definition) is 3. The van der Waals surface area contributed by atoms with Gasteiger partial charge in [0.05, 0.1) is 0 Å². The molecule has 1 unspecified atom stereocenters. The number of nitrogens with zero attached hydrogens (tertiary/aromatic N) is 2. The Morgan fingerprint density at radius 1 is 0.879 bits per heavy atom. The number of rotatable bonds is 8. The van der Waals surface area contributed by atoms with Crippen LogP contribution in [0.25, 0.3) is 0 Å². The number of benzene rings is 3. The van der Waals surface area contributed by atoms with Crippen molar-refractivity contribution in [3.63, 3.8) is 0 Å². The quantitative estimate of drug-likeness (QED) is 0.433. The Balaban J connectivity index is 1.46. The molecule has 33 heavy (non-hydrogen) atoms. The van der Waals surface area contributed by atoms with Crippen molar-refractivity contribution < 1.29 is 9.59 Å². The van der Waals surface area contributed by atoms with Crippen LogP contribution in [0.5, 0.6) is 0 Å². The molecule has 6 nitrogen and oxygen atoms in total. The highest BCUT2D eigenvalue weighted by Gasteiger charge is 2.22. The smallest absolute Gasteiger partial charge is 0.251 e. The molecule has 0 bridgehead atoms. The largest absolute Gasteiger partial charge is 0.340 e. The minimum atomic E-state index is -0.714. The predicted octanol–water partition coefficient (Wildman–Crippen LogP) is 4.22. The molecule has 1 atom stereocenters. The maximum atomic E-state index is 13.1. The van der Waals surface area contributed by atoms with E-state index in [2.05, 4.69) is 20.2 Å². The third-order valence-electron chi connectivity index (χ3n) is 5.44. The van der Waals surface area contributed by atoms with Gasteiger partial charge in [0.2, 0.25) is 5.91 Å². The molecule has 4 aromatic rings. The summed E-state index contributed by atoms with van der Waals surface area (Å²) >= 11 is 0. The molecule has 0 spiro atoms. The van der Waals surface area contributed by atoms with Crippen LogP contribution in [0.4, 0.5) is 5.69 Å². The minimum absolute atomic E-state index is 0.263. The van der Waals surface area contributed by atoms with Crippen LogP contribution < -0.4 is 10.6 Å². The Labute approximate surface area is 193 Å². The number of nitrogens with one attached hydrogen (secondary N) is 2. The van der Waals surface area contributed by atoms with Crippen LogP contribution in [0.1, 0.15) is 27.3 Å². The molecule has 0 fully saturated rings. The monoisotopic (exact) mass is 438 g/mol. The number of imidazole rings is 1. The Morgan fingerprint density at radius 3 is 2.18 bits per heavy atom. The summed E-state index contributed by atoms with van der Waals surface area (Å²) < 4.78 is 2.06. The summed E-state index contributed by atoms with van der Waals surface area (Å²) in [7, 11) is 0. The SMILES string of the molecule is Cc1nccn1Cc1ccc(NC(=O)C(Cc2ccccc2)NC(=O)c2ccccc2)cc1. The van der Waals surface area contributed by atoms with Gasteiger partial charge in [-0.05, 0) is 42.3 Å². The van der Waals surface area contributed by atoms with Gasteiger partial charge < -0.3 is 15.2 Å². The van der Waals surface area contributed by atoms with Gasteiger partial charge in [0, 0.05) is 36.6 Å². The van der Waals surface area contributed by atoms with E-state index in [9.17, 15) is 9.59 Å². The number of carbonyl (C=O) groups is 2. The van der Waals surface area contributed by atoms with Crippen molar-refractivity contribution in [2.45, 2.75) is 25.9 Å². The van der Waals surface area contributed by atoms with Gasteiger partial charge in [-0.3, -0.25) is 9.59 Å². The standard InChI is InChI=1S/C27H26N4O2/c1-20-28-16-17-31(20)19-22-12-14-24(15-13-22)29-27(33)25(18-21-8-4-2-5-9-21)30-26(32)23-10-6-3-7-11-23/h2-17,25H,18-19H2,1H3,(H,29,33)(H,30,32). The molecule has 0 aliphatic rings. The Morgan fingerprint density at radius 2 is 1.55 bits per heavy atom. The van der Waals surface area contributed by atoms with Crippen LogP contribution in [-0.2, 0) is 17.8 Å². The summed E-state index contributed by atoms with van der Waals surface area (Å²) in [5, 5.41) is 5.83. The summed E-state index contributed by atoms with van der Waals surface area (Å²) in [6.45, 7) is 2.68. The highest BCUT2D eigenvalue weighted by Crippen LogP contribution is 2.13. The number of carbonyl (C=O) groups excluding carboxylic acids is 2. The van der Waals surface area contributed by atoms with Crippen molar-refractivity contribution in [3.8, 4) is 0 Å². The normalized spacial score (nSPS) is 11.5. The molecule has 2 N–H and O–H groups in total. The fourth-order valence-electron chi connectivity index (χ4n) is 3.58. The second-order valence-electron chi connectivity index (χ2n) is 7.87. The maximum absolute atomic E-state index is 13.1. The van der Waals surface area contributed by atoms with E-state index in [1.165, 1.54) is 0 Å². The van der Waals surface area contributed by atoms with Gasteiger partial charge >= 0.3 is 0 Å². The van der Waals surface area contributed by atoms with Gasteiger partial charge in [0.15, 0.2) is 0 Å². The Bertz CT molecular complexity index is 1200. The molecule has 6 heteroatoms. The molecule has 3 aromatic carbocycles. The van der Waals surface area contributed by atoms with Gasteiger partial charge in [-0.25, -0.2) is 4.98 Å². The number of hydrogen-bond donors (Lipinski definition) is 2. The lowest BCUT2D eigenvalue weighted by Gasteiger charge is -2.19. The van der Waals surface area contributed by atoms with Crippen LogP contribution in [0.3, 0.4) is 0 Å². The molecule has 166 valence electrons. The van der Waals surface area contributed by atoms with Gasteiger partial charge in [-0.1, -0.05) is 60.7 Å². The van der Waals surface area contributed by atoms with Crippen molar-refractivity contribution in [1.29, 1.82) is 0 Å². The average molecular weight is 439 g/mol. The first-order chi connectivity index (χ1) is 16.1. The summed E-state index contributed by atoms with van der Waals surface area (Å²) in [5.74, 6) is 0.407. The lowest BCUT2D eigenvalue weighted by molar-refractivity contribution is -0.118. The van der Waals surface area contributed by atoms with Crippen LogP contribution in [0.2, 0.25) is 0 Å². The van der Waals surface area contributed by atoms with E-state index in [4.69, 9.17) is 0 Å². The van der Waals surface area contributed by atoms with Gasteiger partial charge in [-0.2, -0.15) is 0 Å². The molecule has 0 saturated heterocycles. The highest BCUT2D eigenvalue weighted by molar-refractivity contribution is 6.01. The summed E-state index contributed by atoms with van der Waals surface area (Å²) in [6.07, 6.45) is 4.11. The molecule has 1 heterocycles. The van der Waals surface area contributed by atoms with E-state index in [-0.39, 0.29) is 11.8 Å². The third-order valence-corrected chi connectivity index (χ3v) is 5.44. The molecule has 1 aromatic heterocycles. The zero-order valence-electron chi connectivity index (χ0n) is 18.4. The maximum Gasteiger partial charge on any atom is 0.251 e. The number of aryl methyl sites for hydroxylation is 1. The molecule has 0 radical (unpaired) electrons. The van der Waals surface area contributed by atoms with Crippen LogP contribution >= 0.6 is 0 Å². The van der Waals surface area contributed by atoms with Gasteiger partial charge in [0.25, 0.3) is 5.91 Å². The van der Waals surface area contributed by atoms with Crippen LogP contribution in [-0.4, -0.2) is 27.4 Å². The predicted molar refractivity (Wildman–Crippen MR) is 129 cm³/mol. The molecule has 0 aliphatic heterocycles. The van der Waals surface area contributed by atoms with Crippen molar-refractivity contribution >= 4 is 17.5 Å². The first kappa shape index (κ1) is 22.0. The van der Waals surface area contributed by atoms with Crippen molar-refractivity contribution in [1.82, 2.24) is 14.9 Å². The van der Waals surface area contributed by atoms with Crippen molar-refractivity contribution in [2.24, 2.45) is 0 Å². The van der Waals surface area contributed by atoms with E-state index in [0.717, 1.165) is 17.0 Å².